The van der Waals surface area contributed by atoms with Crippen molar-refractivity contribution in [3.05, 3.63) is 41.8 Å². The minimum atomic E-state index is 0.194. The van der Waals surface area contributed by atoms with E-state index in [-0.39, 0.29) is 12.4 Å². The highest BCUT2D eigenvalue weighted by Gasteiger charge is 2.13. The summed E-state index contributed by atoms with van der Waals surface area (Å²) in [5.74, 6) is 1.91. The smallest absolute Gasteiger partial charge is 0.185 e. The van der Waals surface area contributed by atoms with Gasteiger partial charge in [-0.1, -0.05) is 19.9 Å². The first-order chi connectivity index (χ1) is 12.4. The van der Waals surface area contributed by atoms with Crippen LogP contribution in [-0.4, -0.2) is 31.5 Å². The minimum absolute atomic E-state index is 0.194. The molecular formula is C19H30N4O3. The number of pyridine rings is 1. The van der Waals surface area contributed by atoms with Crippen LogP contribution in [0.2, 0.25) is 0 Å². The molecule has 0 saturated heterocycles. The molecule has 0 amide bonds. The zero-order valence-electron chi connectivity index (χ0n) is 16.3. The summed E-state index contributed by atoms with van der Waals surface area (Å²) < 4.78 is 16.6. The fraction of sp³-hybridized carbons (Fsp3) is 0.474. The van der Waals surface area contributed by atoms with Crippen molar-refractivity contribution in [2.75, 3.05) is 14.2 Å². The molecule has 7 heteroatoms. The fourth-order valence-electron chi connectivity index (χ4n) is 2.43. The standard InChI is InChI=1S/C19H30N4O3/c1-7-8-13(2)23-14(3)18(11-22-15(4)20)26-12-16-19(25-6)17(24-5)9-10-21-16/h9-11,13,23H,4,7-8,12,20H2,1-3,5-6H3/b18-14-,22-11-/t13-/m0/s1. The molecule has 0 radical (unpaired) electrons. The van der Waals surface area contributed by atoms with Crippen molar-refractivity contribution in [1.29, 1.82) is 0 Å². The average Bonchev–Trinajstić information content (AvgIpc) is 2.60. The van der Waals surface area contributed by atoms with Gasteiger partial charge in [-0.25, -0.2) is 4.99 Å². The molecule has 0 bridgehead atoms. The van der Waals surface area contributed by atoms with E-state index in [2.05, 4.69) is 35.7 Å². The predicted octanol–water partition coefficient (Wildman–Crippen LogP) is 3.13. The molecule has 26 heavy (non-hydrogen) atoms. The second kappa shape index (κ2) is 11.0. The van der Waals surface area contributed by atoms with Gasteiger partial charge < -0.3 is 25.3 Å². The molecule has 0 unspecified atom stereocenters. The molecule has 0 fully saturated rings. The zero-order valence-corrected chi connectivity index (χ0v) is 16.3. The molecule has 0 aliphatic heterocycles. The highest BCUT2D eigenvalue weighted by atomic mass is 16.5. The summed E-state index contributed by atoms with van der Waals surface area (Å²) in [6, 6.07) is 2.05. The first-order valence-electron chi connectivity index (χ1n) is 8.57. The van der Waals surface area contributed by atoms with Crippen molar-refractivity contribution in [2.45, 2.75) is 46.3 Å². The van der Waals surface area contributed by atoms with E-state index in [0.717, 1.165) is 18.5 Å². The first-order valence-corrected chi connectivity index (χ1v) is 8.57. The average molecular weight is 362 g/mol. The predicted molar refractivity (Wildman–Crippen MR) is 104 cm³/mol. The Morgan fingerprint density at radius 1 is 1.42 bits per heavy atom. The summed E-state index contributed by atoms with van der Waals surface area (Å²) in [7, 11) is 3.15. The van der Waals surface area contributed by atoms with Gasteiger partial charge in [-0.2, -0.15) is 0 Å². The third-order valence-corrected chi connectivity index (χ3v) is 3.63. The van der Waals surface area contributed by atoms with Crippen LogP contribution < -0.4 is 20.5 Å². The number of nitrogens with zero attached hydrogens (tertiary/aromatic N) is 2. The third-order valence-electron chi connectivity index (χ3n) is 3.63. The monoisotopic (exact) mass is 362 g/mol. The molecule has 0 aliphatic carbocycles. The number of hydrogen-bond donors (Lipinski definition) is 2. The molecule has 0 aliphatic rings. The minimum Gasteiger partial charge on any atom is -0.493 e. The maximum atomic E-state index is 5.93. The lowest BCUT2D eigenvalue weighted by atomic mass is 10.2. The van der Waals surface area contributed by atoms with E-state index in [4.69, 9.17) is 19.9 Å². The summed E-state index contributed by atoms with van der Waals surface area (Å²) in [6.45, 7) is 9.97. The number of nitrogens with one attached hydrogen (secondary N) is 1. The van der Waals surface area contributed by atoms with Gasteiger partial charge in [-0.15, -0.1) is 0 Å². The van der Waals surface area contributed by atoms with Gasteiger partial charge in [0.25, 0.3) is 0 Å². The number of aliphatic imine (C=N–C) groups is 1. The Labute approximate surface area is 156 Å². The van der Waals surface area contributed by atoms with E-state index in [9.17, 15) is 0 Å². The van der Waals surface area contributed by atoms with Gasteiger partial charge in [0.2, 0.25) is 0 Å². The Morgan fingerprint density at radius 3 is 2.73 bits per heavy atom. The number of nitrogens with two attached hydrogens (primary N) is 1. The number of rotatable bonds is 11. The van der Waals surface area contributed by atoms with Crippen LogP contribution in [0.15, 0.2) is 41.1 Å². The van der Waals surface area contributed by atoms with Gasteiger partial charge in [0, 0.05) is 18.3 Å². The number of aromatic nitrogens is 1. The van der Waals surface area contributed by atoms with Crippen molar-refractivity contribution in [1.82, 2.24) is 10.3 Å². The van der Waals surface area contributed by atoms with Crippen molar-refractivity contribution in [3.8, 4) is 11.5 Å². The molecule has 1 rings (SSSR count). The molecule has 1 heterocycles. The quantitative estimate of drug-likeness (QED) is 0.464. The third kappa shape index (κ3) is 6.66. The Balaban J connectivity index is 3.02. The van der Waals surface area contributed by atoms with Crippen molar-refractivity contribution >= 4 is 6.21 Å². The van der Waals surface area contributed by atoms with Gasteiger partial charge in [-0.3, -0.25) is 4.98 Å². The number of hydrogen-bond acceptors (Lipinski definition) is 7. The summed E-state index contributed by atoms with van der Waals surface area (Å²) in [6.07, 6.45) is 5.34. The lowest BCUT2D eigenvalue weighted by Crippen LogP contribution is -2.25. The topological polar surface area (TPSA) is 91.0 Å². The lowest BCUT2D eigenvalue weighted by molar-refractivity contribution is 0.204. The van der Waals surface area contributed by atoms with Crippen LogP contribution in [0, 0.1) is 0 Å². The van der Waals surface area contributed by atoms with E-state index >= 15 is 0 Å². The Kier molecular flexibility index (Phi) is 9.05. The molecule has 1 aromatic rings. The second-order valence-electron chi connectivity index (χ2n) is 5.85. The van der Waals surface area contributed by atoms with Gasteiger partial charge >= 0.3 is 0 Å². The molecular weight excluding hydrogens is 332 g/mol. The Hall–Kier alpha value is -2.70. The summed E-state index contributed by atoms with van der Waals surface area (Å²) in [4.78, 5) is 8.36. The van der Waals surface area contributed by atoms with Gasteiger partial charge in [-0.05, 0) is 20.3 Å². The number of ether oxygens (including phenoxy) is 3. The highest BCUT2D eigenvalue weighted by molar-refractivity contribution is 5.77. The van der Waals surface area contributed by atoms with Crippen molar-refractivity contribution < 1.29 is 14.2 Å². The fourth-order valence-corrected chi connectivity index (χ4v) is 2.43. The zero-order chi connectivity index (χ0) is 19.5. The lowest BCUT2D eigenvalue weighted by Gasteiger charge is -2.18. The van der Waals surface area contributed by atoms with Crippen molar-refractivity contribution in [2.24, 2.45) is 10.7 Å². The SMILES string of the molecule is C=C(N)/N=C\C(OCc1nccc(OC)c1OC)=C(/C)N[C@@H](C)CCC. The molecule has 3 N–H and O–H groups in total. The van der Waals surface area contributed by atoms with Gasteiger partial charge in [0.15, 0.2) is 17.3 Å². The molecule has 1 aromatic heterocycles. The van der Waals surface area contributed by atoms with Crippen LogP contribution in [-0.2, 0) is 11.3 Å². The summed E-state index contributed by atoms with van der Waals surface area (Å²) in [5.41, 5.74) is 7.02. The summed E-state index contributed by atoms with van der Waals surface area (Å²) >= 11 is 0. The first kappa shape index (κ1) is 21.3. The Morgan fingerprint density at radius 2 is 2.15 bits per heavy atom. The van der Waals surface area contributed by atoms with E-state index in [1.54, 1.807) is 32.7 Å². The van der Waals surface area contributed by atoms with Gasteiger partial charge in [0.1, 0.15) is 18.1 Å². The molecule has 144 valence electrons. The molecule has 0 spiro atoms. The van der Waals surface area contributed by atoms with Crippen LogP contribution in [0.3, 0.4) is 0 Å². The van der Waals surface area contributed by atoms with E-state index in [1.807, 2.05) is 6.92 Å². The maximum absolute atomic E-state index is 5.93. The number of allylic oxidation sites excluding steroid dienone is 2. The van der Waals surface area contributed by atoms with Crippen LogP contribution in [0.1, 0.15) is 39.3 Å². The van der Waals surface area contributed by atoms with Gasteiger partial charge in [0.05, 0.1) is 26.1 Å². The van der Waals surface area contributed by atoms with E-state index in [0.29, 0.717) is 29.0 Å². The largest absolute Gasteiger partial charge is 0.493 e. The van der Waals surface area contributed by atoms with Crippen LogP contribution in [0.4, 0.5) is 0 Å². The van der Waals surface area contributed by atoms with E-state index in [1.165, 1.54) is 0 Å². The Bertz CT molecular complexity index is 656. The summed E-state index contributed by atoms with van der Waals surface area (Å²) in [5, 5.41) is 3.41. The number of methoxy groups -OCH3 is 2. The highest BCUT2D eigenvalue weighted by Crippen LogP contribution is 2.29. The van der Waals surface area contributed by atoms with E-state index < -0.39 is 0 Å². The van der Waals surface area contributed by atoms with Crippen LogP contribution >= 0.6 is 0 Å². The molecule has 0 saturated carbocycles. The second-order valence-corrected chi connectivity index (χ2v) is 5.85. The molecule has 7 nitrogen and oxygen atoms in total. The molecule has 1 atom stereocenters. The van der Waals surface area contributed by atoms with Crippen molar-refractivity contribution in [3.63, 3.8) is 0 Å². The van der Waals surface area contributed by atoms with Crippen LogP contribution in [0.25, 0.3) is 0 Å². The maximum Gasteiger partial charge on any atom is 0.185 e. The van der Waals surface area contributed by atoms with Crippen LogP contribution in [0.5, 0.6) is 11.5 Å². The normalized spacial score (nSPS) is 13.1. The molecule has 0 aromatic carbocycles.